The van der Waals surface area contributed by atoms with E-state index in [-0.39, 0.29) is 6.54 Å². The van der Waals surface area contributed by atoms with Crippen LogP contribution in [-0.2, 0) is 10.0 Å². The Labute approximate surface area is 106 Å². The predicted octanol–water partition coefficient (Wildman–Crippen LogP) is -0.0738. The zero-order chi connectivity index (χ0) is 13.8. The Morgan fingerprint density at radius 1 is 1.28 bits per heavy atom. The second kappa shape index (κ2) is 5.75. The van der Waals surface area contributed by atoms with Gasteiger partial charge in [-0.2, -0.15) is 10.4 Å². The van der Waals surface area contributed by atoms with Gasteiger partial charge < -0.3 is 5.32 Å². The van der Waals surface area contributed by atoms with Gasteiger partial charge in [-0.1, -0.05) is 0 Å². The van der Waals surface area contributed by atoms with Crippen molar-refractivity contribution in [2.24, 2.45) is 0 Å². The molecule has 7 nitrogen and oxygen atoms in total. The first kappa shape index (κ1) is 14.3. The summed E-state index contributed by atoms with van der Waals surface area (Å²) in [6.45, 7) is 4.12. The number of sulfonamides is 1. The van der Waals surface area contributed by atoms with Crippen LogP contribution in [0.25, 0.3) is 0 Å². The van der Waals surface area contributed by atoms with Gasteiger partial charge in [0.05, 0.1) is 11.9 Å². The lowest BCUT2D eigenvalue weighted by atomic mass is 10.1. The maximum atomic E-state index is 10.8. The first-order valence-corrected chi connectivity index (χ1v) is 7.17. The maximum Gasteiger partial charge on any atom is 0.208 e. The number of hydrogen-bond donors (Lipinski definition) is 2. The Bertz CT molecular complexity index is 577. The normalized spacial score (nSPS) is 11.0. The molecule has 1 rings (SSSR count). The molecule has 0 bridgehead atoms. The molecule has 18 heavy (non-hydrogen) atoms. The van der Waals surface area contributed by atoms with Crippen LogP contribution in [0.5, 0.6) is 0 Å². The molecule has 0 saturated carbocycles. The zero-order valence-electron chi connectivity index (χ0n) is 10.5. The summed E-state index contributed by atoms with van der Waals surface area (Å²) >= 11 is 0. The quantitative estimate of drug-likeness (QED) is 0.724. The van der Waals surface area contributed by atoms with Crippen molar-refractivity contribution in [3.05, 3.63) is 16.8 Å². The Balaban J connectivity index is 2.69. The van der Waals surface area contributed by atoms with Crippen LogP contribution < -0.4 is 10.0 Å². The van der Waals surface area contributed by atoms with Crippen LogP contribution in [0.15, 0.2) is 0 Å². The van der Waals surface area contributed by atoms with Gasteiger partial charge in [0.2, 0.25) is 10.0 Å². The molecule has 0 aliphatic heterocycles. The first-order chi connectivity index (χ1) is 8.35. The summed E-state index contributed by atoms with van der Waals surface area (Å²) in [6.07, 6.45) is 1.09. The molecule has 0 aromatic carbocycles. The Kier molecular flexibility index (Phi) is 4.58. The number of aromatic nitrogens is 2. The number of nitrogens with zero attached hydrogens (tertiary/aromatic N) is 3. The number of hydrogen-bond acceptors (Lipinski definition) is 6. The second-order valence-corrected chi connectivity index (χ2v) is 5.67. The van der Waals surface area contributed by atoms with Crippen molar-refractivity contribution in [3.63, 3.8) is 0 Å². The molecule has 0 aliphatic rings. The monoisotopic (exact) mass is 269 g/mol. The predicted molar refractivity (Wildman–Crippen MR) is 67.6 cm³/mol. The van der Waals surface area contributed by atoms with Gasteiger partial charge in [0, 0.05) is 13.1 Å². The molecule has 98 valence electrons. The highest BCUT2D eigenvalue weighted by Crippen LogP contribution is 2.16. The molecule has 0 fully saturated rings. The minimum Gasteiger partial charge on any atom is -0.366 e. The molecule has 0 radical (unpaired) electrons. The van der Waals surface area contributed by atoms with Crippen LogP contribution >= 0.6 is 0 Å². The molecule has 8 heteroatoms. The van der Waals surface area contributed by atoms with Crippen molar-refractivity contribution in [3.8, 4) is 6.07 Å². The third-order valence-corrected chi connectivity index (χ3v) is 3.08. The van der Waals surface area contributed by atoms with E-state index in [1.807, 2.05) is 0 Å². The van der Waals surface area contributed by atoms with Crippen LogP contribution in [-0.4, -0.2) is 38.0 Å². The van der Waals surface area contributed by atoms with Gasteiger partial charge in [0.25, 0.3) is 0 Å². The smallest absolute Gasteiger partial charge is 0.208 e. The Morgan fingerprint density at radius 2 is 1.94 bits per heavy atom. The molecule has 0 amide bonds. The highest BCUT2D eigenvalue weighted by Gasteiger charge is 2.10. The third-order valence-electron chi connectivity index (χ3n) is 2.35. The molecule has 1 aromatic heterocycles. The summed E-state index contributed by atoms with van der Waals surface area (Å²) in [5.41, 5.74) is 1.90. The van der Waals surface area contributed by atoms with Gasteiger partial charge in [0.15, 0.2) is 5.82 Å². The van der Waals surface area contributed by atoms with Crippen molar-refractivity contribution in [2.45, 2.75) is 13.8 Å². The lowest BCUT2D eigenvalue weighted by molar-refractivity contribution is 0.589. The van der Waals surface area contributed by atoms with E-state index in [0.717, 1.165) is 11.8 Å². The fraction of sp³-hybridized carbons (Fsp3) is 0.500. The van der Waals surface area contributed by atoms with E-state index in [0.29, 0.717) is 23.6 Å². The highest BCUT2D eigenvalue weighted by atomic mass is 32.2. The van der Waals surface area contributed by atoms with E-state index in [1.165, 1.54) is 0 Å². The van der Waals surface area contributed by atoms with Gasteiger partial charge >= 0.3 is 0 Å². The summed E-state index contributed by atoms with van der Waals surface area (Å²) in [5.74, 6) is 0.371. The molecule has 0 aliphatic carbocycles. The van der Waals surface area contributed by atoms with Gasteiger partial charge in [-0.25, -0.2) is 13.1 Å². The molecular formula is C10H15N5O2S. The molecule has 0 atom stereocenters. The van der Waals surface area contributed by atoms with Crippen LogP contribution in [0.1, 0.15) is 16.8 Å². The number of nitriles is 1. The van der Waals surface area contributed by atoms with Crippen LogP contribution in [0.2, 0.25) is 0 Å². The van der Waals surface area contributed by atoms with Gasteiger partial charge in [-0.15, -0.1) is 5.10 Å². The van der Waals surface area contributed by atoms with Crippen molar-refractivity contribution < 1.29 is 8.42 Å². The largest absolute Gasteiger partial charge is 0.366 e. The van der Waals surface area contributed by atoms with E-state index >= 15 is 0 Å². The van der Waals surface area contributed by atoms with E-state index < -0.39 is 10.0 Å². The fourth-order valence-electron chi connectivity index (χ4n) is 1.29. The number of rotatable bonds is 5. The van der Waals surface area contributed by atoms with E-state index in [1.54, 1.807) is 13.8 Å². The average Bonchev–Trinajstić information content (AvgIpc) is 2.28. The molecular weight excluding hydrogens is 254 g/mol. The zero-order valence-corrected chi connectivity index (χ0v) is 11.3. The fourth-order valence-corrected chi connectivity index (χ4v) is 1.76. The van der Waals surface area contributed by atoms with Crippen molar-refractivity contribution >= 4 is 15.8 Å². The SMILES string of the molecule is Cc1nnc(NCCNS(C)(=O)=O)c(C#N)c1C. The van der Waals surface area contributed by atoms with Crippen LogP contribution in [0, 0.1) is 25.2 Å². The summed E-state index contributed by atoms with van der Waals surface area (Å²) < 4.78 is 24.0. The molecule has 0 spiro atoms. The minimum atomic E-state index is -3.20. The van der Waals surface area contributed by atoms with Gasteiger partial charge in [-0.3, -0.25) is 0 Å². The molecule has 2 N–H and O–H groups in total. The lowest BCUT2D eigenvalue weighted by Gasteiger charge is -2.09. The average molecular weight is 269 g/mol. The van der Waals surface area contributed by atoms with Crippen molar-refractivity contribution in [1.29, 1.82) is 5.26 Å². The maximum absolute atomic E-state index is 10.8. The van der Waals surface area contributed by atoms with E-state index in [4.69, 9.17) is 5.26 Å². The van der Waals surface area contributed by atoms with E-state index in [2.05, 4.69) is 26.3 Å². The molecule has 1 aromatic rings. The second-order valence-electron chi connectivity index (χ2n) is 3.84. The van der Waals surface area contributed by atoms with Crippen LogP contribution in [0.4, 0.5) is 5.82 Å². The Morgan fingerprint density at radius 3 is 2.50 bits per heavy atom. The number of nitrogens with one attached hydrogen (secondary N) is 2. The summed E-state index contributed by atoms with van der Waals surface area (Å²) in [4.78, 5) is 0. The topological polar surface area (TPSA) is 108 Å². The van der Waals surface area contributed by atoms with E-state index in [9.17, 15) is 8.42 Å². The van der Waals surface area contributed by atoms with Crippen LogP contribution in [0.3, 0.4) is 0 Å². The lowest BCUT2D eigenvalue weighted by Crippen LogP contribution is -2.28. The van der Waals surface area contributed by atoms with Crippen molar-refractivity contribution in [2.75, 3.05) is 24.7 Å². The van der Waals surface area contributed by atoms with Crippen molar-refractivity contribution in [1.82, 2.24) is 14.9 Å². The highest BCUT2D eigenvalue weighted by molar-refractivity contribution is 7.88. The van der Waals surface area contributed by atoms with Gasteiger partial charge in [0.1, 0.15) is 11.6 Å². The molecule has 0 unspecified atom stereocenters. The number of anilines is 1. The summed E-state index contributed by atoms with van der Waals surface area (Å²) in [7, 11) is -3.20. The third kappa shape index (κ3) is 3.94. The number of aryl methyl sites for hydroxylation is 1. The Hall–Kier alpha value is -1.72. The minimum absolute atomic E-state index is 0.221. The first-order valence-electron chi connectivity index (χ1n) is 5.27. The standard InChI is InChI=1S/C10H15N5O2S/c1-7-8(2)14-15-10(9(7)6-11)12-4-5-13-18(3,16)17/h13H,4-5H2,1-3H3,(H,12,15). The summed E-state index contributed by atoms with van der Waals surface area (Å²) in [5, 5.41) is 19.7. The molecule has 1 heterocycles. The molecule has 0 saturated heterocycles. The summed E-state index contributed by atoms with van der Waals surface area (Å²) in [6, 6.07) is 2.06. The van der Waals surface area contributed by atoms with Gasteiger partial charge in [-0.05, 0) is 19.4 Å².